The Morgan fingerprint density at radius 2 is 2.33 bits per heavy atom. The molecule has 2 aliphatic rings. The number of rotatable bonds is 2. The van der Waals surface area contributed by atoms with E-state index < -0.39 is 0 Å². The molecule has 2 fully saturated rings. The molecule has 0 aliphatic carbocycles. The van der Waals surface area contributed by atoms with Crippen LogP contribution >= 0.6 is 0 Å². The predicted octanol–water partition coefficient (Wildman–Crippen LogP) is 2.44. The predicted molar refractivity (Wildman–Crippen MR) is 70.5 cm³/mol. The maximum Gasteiger partial charge on any atom is 0.0951 e. The van der Waals surface area contributed by atoms with Crippen LogP contribution in [0.1, 0.15) is 56.8 Å². The molecule has 0 spiro atoms. The second-order valence-electron chi connectivity index (χ2n) is 5.59. The number of ether oxygens (including phenoxy) is 1. The highest BCUT2D eigenvalue weighted by Crippen LogP contribution is 2.30. The molecular weight excluding hydrogens is 226 g/mol. The molecule has 3 heterocycles. The molecule has 2 saturated heterocycles. The Labute approximate surface area is 109 Å². The number of imidazole rings is 1. The third kappa shape index (κ3) is 2.45. The average molecular weight is 249 g/mol. The minimum absolute atomic E-state index is 0.373. The van der Waals surface area contributed by atoms with Gasteiger partial charge in [0.2, 0.25) is 0 Å². The first-order valence-electron chi connectivity index (χ1n) is 7.21. The van der Waals surface area contributed by atoms with Gasteiger partial charge in [0.25, 0.3) is 0 Å². The van der Waals surface area contributed by atoms with Gasteiger partial charge in [0.15, 0.2) is 0 Å². The highest BCUT2D eigenvalue weighted by atomic mass is 16.5. The molecule has 0 amide bonds. The molecule has 0 saturated carbocycles. The molecule has 3 rings (SSSR count). The van der Waals surface area contributed by atoms with Crippen LogP contribution in [0.5, 0.6) is 0 Å². The van der Waals surface area contributed by atoms with Crippen molar-refractivity contribution in [3.8, 4) is 0 Å². The lowest BCUT2D eigenvalue weighted by Gasteiger charge is -2.32. The molecular formula is C14H23N3O. The van der Waals surface area contributed by atoms with E-state index >= 15 is 0 Å². The summed E-state index contributed by atoms with van der Waals surface area (Å²) in [6, 6.07) is 1.06. The minimum Gasteiger partial charge on any atom is -0.378 e. The monoisotopic (exact) mass is 249 g/mol. The van der Waals surface area contributed by atoms with Crippen molar-refractivity contribution in [3.63, 3.8) is 0 Å². The van der Waals surface area contributed by atoms with Crippen LogP contribution in [-0.4, -0.2) is 28.8 Å². The van der Waals surface area contributed by atoms with E-state index in [1.807, 2.05) is 12.5 Å². The van der Waals surface area contributed by atoms with Crippen LogP contribution in [0.2, 0.25) is 0 Å². The zero-order valence-electron chi connectivity index (χ0n) is 11.1. The smallest absolute Gasteiger partial charge is 0.0951 e. The molecule has 100 valence electrons. The summed E-state index contributed by atoms with van der Waals surface area (Å²) in [5.41, 5.74) is 1.37. The van der Waals surface area contributed by atoms with E-state index in [0.717, 1.165) is 26.0 Å². The highest BCUT2D eigenvalue weighted by molar-refractivity contribution is 5.08. The maximum atomic E-state index is 5.64. The molecule has 0 bridgehead atoms. The van der Waals surface area contributed by atoms with Gasteiger partial charge in [0, 0.05) is 24.9 Å². The van der Waals surface area contributed by atoms with E-state index in [-0.39, 0.29) is 0 Å². The number of nitrogens with one attached hydrogen (secondary N) is 1. The van der Waals surface area contributed by atoms with E-state index in [1.54, 1.807) is 0 Å². The molecule has 4 heteroatoms. The lowest BCUT2D eigenvalue weighted by atomic mass is 10.00. The van der Waals surface area contributed by atoms with Crippen LogP contribution in [0.4, 0.5) is 0 Å². The molecule has 1 aromatic heterocycles. The molecule has 2 aliphatic heterocycles. The summed E-state index contributed by atoms with van der Waals surface area (Å²) in [6.45, 7) is 4.18. The fraction of sp³-hybridized carbons (Fsp3) is 0.786. The van der Waals surface area contributed by atoms with E-state index in [4.69, 9.17) is 4.74 Å². The van der Waals surface area contributed by atoms with Crippen LogP contribution in [0.15, 0.2) is 12.5 Å². The Kier molecular flexibility index (Phi) is 3.66. The third-order valence-electron chi connectivity index (χ3n) is 4.21. The zero-order valence-corrected chi connectivity index (χ0v) is 11.1. The summed E-state index contributed by atoms with van der Waals surface area (Å²) < 4.78 is 8.03. The highest BCUT2D eigenvalue weighted by Gasteiger charge is 2.25. The van der Waals surface area contributed by atoms with Gasteiger partial charge in [-0.25, -0.2) is 4.98 Å². The lowest BCUT2D eigenvalue weighted by molar-refractivity contribution is 0.00511. The van der Waals surface area contributed by atoms with E-state index in [1.165, 1.54) is 25.0 Å². The zero-order chi connectivity index (χ0) is 12.4. The molecule has 1 N–H and O–H groups in total. The van der Waals surface area contributed by atoms with Crippen LogP contribution in [-0.2, 0) is 4.74 Å². The molecule has 18 heavy (non-hydrogen) atoms. The average Bonchev–Trinajstić information content (AvgIpc) is 2.89. The van der Waals surface area contributed by atoms with Gasteiger partial charge in [-0.05, 0) is 39.2 Å². The van der Waals surface area contributed by atoms with E-state index in [2.05, 4.69) is 21.8 Å². The van der Waals surface area contributed by atoms with Crippen molar-refractivity contribution in [1.29, 1.82) is 0 Å². The first-order chi connectivity index (χ1) is 8.84. The third-order valence-corrected chi connectivity index (χ3v) is 4.21. The van der Waals surface area contributed by atoms with Gasteiger partial charge in [-0.3, -0.25) is 0 Å². The maximum absolute atomic E-state index is 5.64. The van der Waals surface area contributed by atoms with Crippen molar-refractivity contribution in [1.82, 2.24) is 14.9 Å². The summed E-state index contributed by atoms with van der Waals surface area (Å²) in [6.07, 6.45) is 10.5. The second-order valence-corrected chi connectivity index (χ2v) is 5.59. The summed E-state index contributed by atoms with van der Waals surface area (Å²) in [5, 5.41) is 3.62. The van der Waals surface area contributed by atoms with Crippen LogP contribution < -0.4 is 5.32 Å². The minimum atomic E-state index is 0.373. The fourth-order valence-electron chi connectivity index (χ4n) is 3.22. The summed E-state index contributed by atoms with van der Waals surface area (Å²) in [5.74, 6) is 0. The summed E-state index contributed by atoms with van der Waals surface area (Å²) >= 11 is 0. The first-order valence-corrected chi connectivity index (χ1v) is 7.21. The van der Waals surface area contributed by atoms with Crippen molar-refractivity contribution >= 4 is 0 Å². The fourth-order valence-corrected chi connectivity index (χ4v) is 3.22. The van der Waals surface area contributed by atoms with E-state index in [0.29, 0.717) is 18.2 Å². The number of hydrogen-bond acceptors (Lipinski definition) is 3. The van der Waals surface area contributed by atoms with Crippen molar-refractivity contribution in [2.45, 2.75) is 57.2 Å². The standard InChI is InChI=1S/C14H23N3O/c1-11-8-12(5-7-18-11)17-10-15-9-14(17)13-4-2-3-6-16-13/h9-13,16H,2-8H2,1H3. The van der Waals surface area contributed by atoms with Crippen LogP contribution in [0.25, 0.3) is 0 Å². The molecule has 3 unspecified atom stereocenters. The van der Waals surface area contributed by atoms with Crippen LogP contribution in [0, 0.1) is 0 Å². The number of aromatic nitrogens is 2. The lowest BCUT2D eigenvalue weighted by Crippen LogP contribution is -2.31. The largest absolute Gasteiger partial charge is 0.378 e. The number of hydrogen-bond donors (Lipinski definition) is 1. The van der Waals surface area contributed by atoms with Crippen LogP contribution in [0.3, 0.4) is 0 Å². The quantitative estimate of drug-likeness (QED) is 0.875. The SMILES string of the molecule is CC1CC(n2cncc2C2CCCCN2)CCO1. The van der Waals surface area contributed by atoms with Crippen molar-refractivity contribution < 1.29 is 4.74 Å². The van der Waals surface area contributed by atoms with Gasteiger partial charge in [-0.15, -0.1) is 0 Å². The van der Waals surface area contributed by atoms with Gasteiger partial charge in [-0.2, -0.15) is 0 Å². The van der Waals surface area contributed by atoms with Crippen molar-refractivity contribution in [2.75, 3.05) is 13.2 Å². The van der Waals surface area contributed by atoms with Gasteiger partial charge in [-0.1, -0.05) is 6.42 Å². The normalized spacial score (nSPS) is 33.5. The second kappa shape index (κ2) is 5.41. The van der Waals surface area contributed by atoms with Gasteiger partial charge in [0.05, 0.1) is 18.1 Å². The first kappa shape index (κ1) is 12.2. The molecule has 0 radical (unpaired) electrons. The summed E-state index contributed by atoms with van der Waals surface area (Å²) in [7, 11) is 0. The van der Waals surface area contributed by atoms with E-state index in [9.17, 15) is 0 Å². The number of nitrogens with zero attached hydrogens (tertiary/aromatic N) is 2. The van der Waals surface area contributed by atoms with Crippen molar-refractivity contribution in [3.05, 3.63) is 18.2 Å². The Morgan fingerprint density at radius 3 is 3.11 bits per heavy atom. The van der Waals surface area contributed by atoms with Gasteiger partial charge < -0.3 is 14.6 Å². The Morgan fingerprint density at radius 1 is 1.39 bits per heavy atom. The summed E-state index contributed by atoms with van der Waals surface area (Å²) in [4.78, 5) is 4.38. The van der Waals surface area contributed by atoms with Crippen molar-refractivity contribution in [2.24, 2.45) is 0 Å². The Balaban J connectivity index is 1.77. The van der Waals surface area contributed by atoms with Gasteiger partial charge >= 0.3 is 0 Å². The molecule has 1 aromatic rings. The topological polar surface area (TPSA) is 39.1 Å². The molecule has 0 aromatic carbocycles. The Hall–Kier alpha value is -0.870. The molecule has 3 atom stereocenters. The Bertz CT molecular complexity index is 384. The molecule has 4 nitrogen and oxygen atoms in total. The van der Waals surface area contributed by atoms with Gasteiger partial charge in [0.1, 0.15) is 0 Å². The number of piperidine rings is 1.